The van der Waals surface area contributed by atoms with Gasteiger partial charge in [-0.15, -0.1) is 0 Å². The Morgan fingerprint density at radius 1 is 0.967 bits per heavy atom. The Morgan fingerprint density at radius 3 is 2.37 bits per heavy atom. The maximum absolute atomic E-state index is 13.2. The van der Waals surface area contributed by atoms with E-state index >= 15 is 0 Å². The third-order valence-electron chi connectivity index (χ3n) is 4.92. The van der Waals surface area contributed by atoms with Crippen LogP contribution in [0.5, 0.6) is 0 Å². The molecule has 8 heteroatoms. The minimum absolute atomic E-state index is 0.181. The van der Waals surface area contributed by atoms with Gasteiger partial charge in [0.05, 0.1) is 17.2 Å². The summed E-state index contributed by atoms with van der Waals surface area (Å²) in [5, 5.41) is 1.39. The molecule has 0 atom stereocenters. The number of rotatable bonds is 6. The van der Waals surface area contributed by atoms with Crippen LogP contribution in [0.4, 0.5) is 11.4 Å². The highest BCUT2D eigenvalue weighted by atomic mass is 32.2. The minimum atomic E-state index is -3.88. The van der Waals surface area contributed by atoms with E-state index in [1.807, 2.05) is 12.1 Å². The second-order valence-corrected chi connectivity index (χ2v) is 8.59. The van der Waals surface area contributed by atoms with Gasteiger partial charge in [-0.3, -0.25) is 18.8 Å². The Labute approximate surface area is 174 Å². The molecule has 1 amide bonds. The predicted molar refractivity (Wildman–Crippen MR) is 114 cm³/mol. The van der Waals surface area contributed by atoms with Gasteiger partial charge < -0.3 is 4.74 Å². The van der Waals surface area contributed by atoms with Crippen molar-refractivity contribution in [2.75, 3.05) is 28.9 Å². The lowest BCUT2D eigenvalue weighted by Gasteiger charge is -2.25. The molecule has 0 fully saturated rings. The molecule has 0 bridgehead atoms. The first-order valence-corrected chi connectivity index (χ1v) is 10.9. The Bertz CT molecular complexity index is 1220. The monoisotopic (exact) mass is 424 g/mol. The molecule has 3 aromatic carbocycles. The largest absolute Gasteiger partial charge is 0.465 e. The summed E-state index contributed by atoms with van der Waals surface area (Å²) in [7, 11) is -3.88. The fourth-order valence-electron chi connectivity index (χ4n) is 3.60. The summed E-state index contributed by atoms with van der Waals surface area (Å²) >= 11 is 0. The first-order chi connectivity index (χ1) is 14.4. The topological polar surface area (TPSA) is 84.0 Å². The summed E-state index contributed by atoms with van der Waals surface area (Å²) in [4.78, 5) is 26.7. The molecule has 0 radical (unpaired) electrons. The number of para-hydroxylation sites is 1. The molecule has 0 aliphatic carbocycles. The molecule has 0 saturated heterocycles. The van der Waals surface area contributed by atoms with Crippen molar-refractivity contribution >= 4 is 44.0 Å². The van der Waals surface area contributed by atoms with Crippen LogP contribution >= 0.6 is 0 Å². The summed E-state index contributed by atoms with van der Waals surface area (Å²) in [5.74, 6) is -1.09. The Morgan fingerprint density at radius 2 is 1.67 bits per heavy atom. The van der Waals surface area contributed by atoms with Gasteiger partial charge in [0.15, 0.2) is 0 Å². The summed E-state index contributed by atoms with van der Waals surface area (Å²) in [6, 6.07) is 19.0. The van der Waals surface area contributed by atoms with Crippen LogP contribution in [0.1, 0.15) is 6.92 Å². The second-order valence-electron chi connectivity index (χ2n) is 6.76. The van der Waals surface area contributed by atoms with Crippen molar-refractivity contribution in [1.82, 2.24) is 0 Å². The van der Waals surface area contributed by atoms with Crippen LogP contribution < -0.4 is 9.21 Å². The van der Waals surface area contributed by atoms with Crippen molar-refractivity contribution < 1.29 is 22.7 Å². The van der Waals surface area contributed by atoms with Gasteiger partial charge in [0.2, 0.25) is 5.91 Å². The molecule has 4 rings (SSSR count). The fourth-order valence-corrected chi connectivity index (χ4v) is 5.26. The van der Waals surface area contributed by atoms with Crippen molar-refractivity contribution in [2.24, 2.45) is 0 Å². The Kier molecular flexibility index (Phi) is 5.17. The molecule has 1 aliphatic rings. The van der Waals surface area contributed by atoms with Crippen LogP contribution in [0.15, 0.2) is 71.6 Å². The predicted octanol–water partition coefficient (Wildman–Crippen LogP) is 2.94. The number of ether oxygens (including phenoxy) is 1. The van der Waals surface area contributed by atoms with Gasteiger partial charge >= 0.3 is 5.97 Å². The quantitative estimate of drug-likeness (QED) is 0.568. The molecule has 0 aromatic heterocycles. The van der Waals surface area contributed by atoms with Crippen LogP contribution in [-0.2, 0) is 24.3 Å². The van der Waals surface area contributed by atoms with Gasteiger partial charge in [-0.2, -0.15) is 0 Å². The van der Waals surface area contributed by atoms with Crippen LogP contribution in [-0.4, -0.2) is 40.0 Å². The van der Waals surface area contributed by atoms with Gasteiger partial charge in [-0.1, -0.05) is 42.5 Å². The molecule has 7 nitrogen and oxygen atoms in total. The van der Waals surface area contributed by atoms with Gasteiger partial charge in [-0.05, 0) is 36.6 Å². The van der Waals surface area contributed by atoms with E-state index in [0.29, 0.717) is 16.8 Å². The molecule has 0 unspecified atom stereocenters. The number of nitrogens with zero attached hydrogens (tertiary/aromatic N) is 2. The molecule has 154 valence electrons. The van der Waals surface area contributed by atoms with E-state index in [1.165, 1.54) is 4.90 Å². The minimum Gasteiger partial charge on any atom is -0.465 e. The third kappa shape index (κ3) is 3.39. The normalized spacial score (nSPS) is 14.0. The van der Waals surface area contributed by atoms with Crippen LogP contribution in [0.2, 0.25) is 0 Å². The average molecular weight is 424 g/mol. The molecule has 0 spiro atoms. The second kappa shape index (κ2) is 7.79. The number of carbonyl (C=O) groups excluding carboxylic acids is 2. The van der Waals surface area contributed by atoms with Gasteiger partial charge in [0.1, 0.15) is 13.1 Å². The number of anilines is 2. The summed E-state index contributed by atoms with van der Waals surface area (Å²) < 4.78 is 32.4. The van der Waals surface area contributed by atoms with Crippen LogP contribution in [0.3, 0.4) is 0 Å². The smallest absolute Gasteiger partial charge is 0.326 e. The molecule has 30 heavy (non-hydrogen) atoms. The number of benzene rings is 3. The van der Waals surface area contributed by atoms with Crippen LogP contribution in [0.25, 0.3) is 10.8 Å². The van der Waals surface area contributed by atoms with E-state index < -0.39 is 28.4 Å². The molecule has 0 saturated carbocycles. The first kappa shape index (κ1) is 19.9. The number of amides is 1. The summed E-state index contributed by atoms with van der Waals surface area (Å²) in [6.45, 7) is 1.14. The highest BCUT2D eigenvalue weighted by molar-refractivity contribution is 7.93. The molecule has 1 aliphatic heterocycles. The van der Waals surface area contributed by atoms with Crippen molar-refractivity contribution in [1.29, 1.82) is 0 Å². The molecular weight excluding hydrogens is 404 g/mol. The van der Waals surface area contributed by atoms with Crippen molar-refractivity contribution in [2.45, 2.75) is 11.8 Å². The third-order valence-corrected chi connectivity index (χ3v) is 6.72. The van der Waals surface area contributed by atoms with E-state index in [-0.39, 0.29) is 18.0 Å². The maximum atomic E-state index is 13.2. The van der Waals surface area contributed by atoms with Crippen LogP contribution in [0, 0.1) is 0 Å². The zero-order valence-corrected chi connectivity index (χ0v) is 17.1. The van der Waals surface area contributed by atoms with E-state index in [4.69, 9.17) is 4.74 Å². The number of sulfonamides is 1. The van der Waals surface area contributed by atoms with E-state index in [9.17, 15) is 18.0 Å². The highest BCUT2D eigenvalue weighted by Crippen LogP contribution is 2.41. The number of hydrogen-bond acceptors (Lipinski definition) is 5. The zero-order chi connectivity index (χ0) is 21.3. The number of hydrogen-bond donors (Lipinski definition) is 0. The Balaban J connectivity index is 1.69. The molecule has 0 N–H and O–H groups in total. The van der Waals surface area contributed by atoms with Gasteiger partial charge in [0, 0.05) is 11.1 Å². The summed E-state index contributed by atoms with van der Waals surface area (Å²) in [6.07, 6.45) is 0. The Hall–Kier alpha value is -3.39. The van der Waals surface area contributed by atoms with E-state index in [0.717, 1.165) is 9.69 Å². The molecule has 1 heterocycles. The SMILES string of the molecule is CCOC(=O)CN(C(=O)CN1c2cccc3cccc(c23)S1(=O)=O)c1ccccc1. The van der Waals surface area contributed by atoms with Crippen molar-refractivity contribution in [3.8, 4) is 0 Å². The average Bonchev–Trinajstić information content (AvgIpc) is 2.96. The maximum Gasteiger partial charge on any atom is 0.326 e. The van der Waals surface area contributed by atoms with Gasteiger partial charge in [-0.25, -0.2) is 8.42 Å². The lowest BCUT2D eigenvalue weighted by molar-refractivity contribution is -0.142. The first-order valence-electron chi connectivity index (χ1n) is 9.49. The standard InChI is InChI=1S/C22H20N2O5S/c1-2-29-21(26)15-23(17-10-4-3-5-11-17)20(25)14-24-18-12-6-8-16-9-7-13-19(22(16)18)30(24,27)28/h3-13H,2,14-15H2,1H3. The summed E-state index contributed by atoms with van der Waals surface area (Å²) in [5.41, 5.74) is 0.948. The van der Waals surface area contributed by atoms with E-state index in [2.05, 4.69) is 0 Å². The molecular formula is C22H20N2O5S. The number of carbonyl (C=O) groups is 2. The lowest BCUT2D eigenvalue weighted by atomic mass is 10.1. The van der Waals surface area contributed by atoms with Crippen molar-refractivity contribution in [3.05, 3.63) is 66.7 Å². The van der Waals surface area contributed by atoms with Crippen molar-refractivity contribution in [3.63, 3.8) is 0 Å². The zero-order valence-electron chi connectivity index (χ0n) is 16.3. The fraction of sp³-hybridized carbons (Fsp3) is 0.182. The van der Waals surface area contributed by atoms with E-state index in [1.54, 1.807) is 61.5 Å². The number of esters is 1. The highest BCUT2D eigenvalue weighted by Gasteiger charge is 2.37. The lowest BCUT2D eigenvalue weighted by Crippen LogP contribution is -2.44. The molecule has 3 aromatic rings. The van der Waals surface area contributed by atoms with Gasteiger partial charge in [0.25, 0.3) is 10.0 Å².